The Bertz CT molecular complexity index is 842. The molecule has 148 valence electrons. The number of aliphatic carboxylic acids is 1. The minimum absolute atomic E-state index is 0.0834. The molecule has 0 aromatic heterocycles. The average molecular weight is 394 g/mol. The number of benzene rings is 2. The van der Waals surface area contributed by atoms with Crippen LogP contribution in [0.5, 0.6) is 11.5 Å². The standard InChI is InChI=1S/C20H17F3O5/c21-20(22,23)11-2-12-27-16-8-6-15(7-9-16)19(26)28-17-4-1-3-14(13-17)5-10-18(24)25/h1,3-10,13H,2,11-12H2,(H,24,25). The summed E-state index contributed by atoms with van der Waals surface area (Å²) < 4.78 is 46.7. The van der Waals surface area contributed by atoms with Crippen LogP contribution < -0.4 is 9.47 Å². The van der Waals surface area contributed by atoms with Gasteiger partial charge in [-0.15, -0.1) is 0 Å². The van der Waals surface area contributed by atoms with Crippen molar-refractivity contribution in [3.63, 3.8) is 0 Å². The van der Waals surface area contributed by atoms with Crippen molar-refractivity contribution in [3.05, 3.63) is 65.7 Å². The molecule has 0 fully saturated rings. The number of carbonyl (C=O) groups is 2. The minimum Gasteiger partial charge on any atom is -0.494 e. The smallest absolute Gasteiger partial charge is 0.389 e. The number of carboxylic acids is 1. The van der Waals surface area contributed by atoms with Gasteiger partial charge in [0.2, 0.25) is 0 Å². The molecule has 2 aromatic rings. The van der Waals surface area contributed by atoms with E-state index in [4.69, 9.17) is 14.6 Å². The van der Waals surface area contributed by atoms with Gasteiger partial charge in [-0.05, 0) is 54.5 Å². The van der Waals surface area contributed by atoms with E-state index >= 15 is 0 Å². The number of hydrogen-bond donors (Lipinski definition) is 1. The number of carbonyl (C=O) groups excluding carboxylic acids is 1. The third-order valence-corrected chi connectivity index (χ3v) is 3.45. The molecule has 0 atom stereocenters. The number of alkyl halides is 3. The first-order valence-electron chi connectivity index (χ1n) is 8.26. The first kappa shape index (κ1) is 21.0. The average Bonchev–Trinajstić information content (AvgIpc) is 2.63. The maximum absolute atomic E-state index is 12.2. The monoisotopic (exact) mass is 394 g/mol. The van der Waals surface area contributed by atoms with E-state index in [9.17, 15) is 22.8 Å². The lowest BCUT2D eigenvalue weighted by Gasteiger charge is -2.09. The number of esters is 1. The van der Waals surface area contributed by atoms with Gasteiger partial charge in [0.1, 0.15) is 11.5 Å². The molecule has 0 heterocycles. The van der Waals surface area contributed by atoms with Crippen molar-refractivity contribution >= 4 is 18.0 Å². The van der Waals surface area contributed by atoms with Gasteiger partial charge in [0.05, 0.1) is 12.2 Å². The highest BCUT2D eigenvalue weighted by molar-refractivity contribution is 5.91. The molecule has 0 bridgehead atoms. The SMILES string of the molecule is O=C(O)C=Cc1cccc(OC(=O)c2ccc(OCCCC(F)(F)F)cc2)c1. The second kappa shape index (κ2) is 9.59. The van der Waals surface area contributed by atoms with Crippen LogP contribution in [-0.4, -0.2) is 29.8 Å². The summed E-state index contributed by atoms with van der Waals surface area (Å²) in [5, 5.41) is 8.63. The molecule has 0 aliphatic rings. The van der Waals surface area contributed by atoms with Crippen molar-refractivity contribution in [1.29, 1.82) is 0 Å². The number of hydrogen-bond acceptors (Lipinski definition) is 4. The second-order valence-corrected chi connectivity index (χ2v) is 5.73. The molecule has 0 aliphatic heterocycles. The van der Waals surface area contributed by atoms with Crippen molar-refractivity contribution in [1.82, 2.24) is 0 Å². The van der Waals surface area contributed by atoms with Gasteiger partial charge in [0, 0.05) is 12.5 Å². The van der Waals surface area contributed by atoms with Gasteiger partial charge >= 0.3 is 18.1 Å². The van der Waals surface area contributed by atoms with Crippen LogP contribution in [0.2, 0.25) is 0 Å². The van der Waals surface area contributed by atoms with Gasteiger partial charge < -0.3 is 14.6 Å². The first-order valence-corrected chi connectivity index (χ1v) is 8.26. The number of ether oxygens (including phenoxy) is 2. The van der Waals surface area contributed by atoms with Gasteiger partial charge in [-0.25, -0.2) is 9.59 Å². The molecule has 2 aromatic carbocycles. The van der Waals surface area contributed by atoms with E-state index in [-0.39, 0.29) is 24.3 Å². The molecular weight excluding hydrogens is 377 g/mol. The van der Waals surface area contributed by atoms with Crippen molar-refractivity contribution in [2.75, 3.05) is 6.61 Å². The lowest BCUT2D eigenvalue weighted by Crippen LogP contribution is -2.10. The fraction of sp³-hybridized carbons (Fsp3) is 0.200. The predicted molar refractivity (Wildman–Crippen MR) is 95.3 cm³/mol. The fourth-order valence-corrected chi connectivity index (χ4v) is 2.17. The lowest BCUT2D eigenvalue weighted by atomic mass is 10.2. The molecule has 0 spiro atoms. The topological polar surface area (TPSA) is 72.8 Å². The third kappa shape index (κ3) is 7.53. The Balaban J connectivity index is 1.91. The zero-order chi connectivity index (χ0) is 20.6. The van der Waals surface area contributed by atoms with E-state index in [0.717, 1.165) is 6.08 Å². The Morgan fingerprint density at radius 3 is 2.39 bits per heavy atom. The van der Waals surface area contributed by atoms with Crippen LogP contribution >= 0.6 is 0 Å². The first-order chi connectivity index (χ1) is 13.2. The quantitative estimate of drug-likeness (QED) is 0.303. The van der Waals surface area contributed by atoms with Crippen molar-refractivity contribution in [2.45, 2.75) is 19.0 Å². The van der Waals surface area contributed by atoms with Crippen LogP contribution in [0.25, 0.3) is 6.08 Å². The van der Waals surface area contributed by atoms with Crippen LogP contribution in [0.15, 0.2) is 54.6 Å². The number of carboxylic acid groups (broad SMARTS) is 1. The number of rotatable bonds is 8. The number of halogens is 3. The largest absolute Gasteiger partial charge is 0.494 e. The summed E-state index contributed by atoms with van der Waals surface area (Å²) >= 11 is 0. The molecule has 28 heavy (non-hydrogen) atoms. The predicted octanol–water partition coefficient (Wildman–Crippen LogP) is 4.72. The van der Waals surface area contributed by atoms with E-state index in [1.807, 2.05) is 0 Å². The van der Waals surface area contributed by atoms with Gasteiger partial charge in [-0.1, -0.05) is 12.1 Å². The Kier molecular flexibility index (Phi) is 7.20. The molecule has 0 aliphatic carbocycles. The molecule has 8 heteroatoms. The lowest BCUT2D eigenvalue weighted by molar-refractivity contribution is -0.136. The van der Waals surface area contributed by atoms with Gasteiger partial charge in [-0.3, -0.25) is 0 Å². The highest BCUT2D eigenvalue weighted by atomic mass is 19.4. The van der Waals surface area contributed by atoms with Crippen LogP contribution in [0.1, 0.15) is 28.8 Å². The third-order valence-electron chi connectivity index (χ3n) is 3.45. The second-order valence-electron chi connectivity index (χ2n) is 5.73. The molecule has 0 radical (unpaired) electrons. The normalized spacial score (nSPS) is 11.4. The van der Waals surface area contributed by atoms with Crippen LogP contribution in [0.3, 0.4) is 0 Å². The zero-order valence-corrected chi connectivity index (χ0v) is 14.6. The molecule has 1 N–H and O–H groups in total. The Morgan fingerprint density at radius 2 is 1.75 bits per heavy atom. The van der Waals surface area contributed by atoms with E-state index in [2.05, 4.69) is 0 Å². The molecular formula is C20H17F3O5. The molecule has 0 saturated heterocycles. The highest BCUT2D eigenvalue weighted by Crippen LogP contribution is 2.22. The van der Waals surface area contributed by atoms with Crippen molar-refractivity contribution < 1.29 is 37.3 Å². The highest BCUT2D eigenvalue weighted by Gasteiger charge is 2.26. The molecule has 0 unspecified atom stereocenters. The summed E-state index contributed by atoms with van der Waals surface area (Å²) in [5.74, 6) is -1.14. The van der Waals surface area contributed by atoms with Gasteiger partial charge in [0.25, 0.3) is 0 Å². The van der Waals surface area contributed by atoms with E-state index < -0.39 is 24.5 Å². The van der Waals surface area contributed by atoms with Crippen molar-refractivity contribution in [2.24, 2.45) is 0 Å². The van der Waals surface area contributed by atoms with E-state index in [1.54, 1.807) is 18.2 Å². The summed E-state index contributed by atoms with van der Waals surface area (Å²) in [4.78, 5) is 22.7. The fourth-order valence-electron chi connectivity index (χ4n) is 2.17. The molecule has 0 amide bonds. The summed E-state index contributed by atoms with van der Waals surface area (Å²) in [7, 11) is 0. The summed E-state index contributed by atoms with van der Waals surface area (Å²) in [6.07, 6.45) is -2.95. The zero-order valence-electron chi connectivity index (χ0n) is 14.6. The van der Waals surface area contributed by atoms with Crippen molar-refractivity contribution in [3.8, 4) is 11.5 Å². The summed E-state index contributed by atoms with van der Waals surface area (Å²) in [6.45, 7) is -0.0834. The minimum atomic E-state index is -4.21. The van der Waals surface area contributed by atoms with Gasteiger partial charge in [0.15, 0.2) is 0 Å². The van der Waals surface area contributed by atoms with E-state index in [0.29, 0.717) is 11.3 Å². The van der Waals surface area contributed by atoms with Crippen LogP contribution in [-0.2, 0) is 4.79 Å². The Labute approximate surface area is 159 Å². The maximum atomic E-state index is 12.2. The summed E-state index contributed by atoms with van der Waals surface area (Å²) in [6, 6.07) is 12.1. The Hall–Kier alpha value is -3.29. The van der Waals surface area contributed by atoms with Gasteiger partial charge in [-0.2, -0.15) is 13.2 Å². The molecule has 0 saturated carbocycles. The Morgan fingerprint density at radius 1 is 1.04 bits per heavy atom. The molecule has 2 rings (SSSR count). The maximum Gasteiger partial charge on any atom is 0.389 e. The van der Waals surface area contributed by atoms with Crippen LogP contribution in [0, 0.1) is 0 Å². The van der Waals surface area contributed by atoms with Crippen LogP contribution in [0.4, 0.5) is 13.2 Å². The summed E-state index contributed by atoms with van der Waals surface area (Å²) in [5.41, 5.74) is 0.782. The molecule has 5 nitrogen and oxygen atoms in total. The van der Waals surface area contributed by atoms with E-state index in [1.165, 1.54) is 36.4 Å².